The number of carboxylic acid groups (broad SMARTS) is 1. The Bertz CT molecular complexity index is 474. The molecule has 0 unspecified atom stereocenters. The molecule has 0 aliphatic carbocycles. The van der Waals surface area contributed by atoms with Crippen LogP contribution in [0.1, 0.15) is 16.1 Å². The molecule has 0 fully saturated rings. The van der Waals surface area contributed by atoms with E-state index in [1.807, 2.05) is 0 Å². The van der Waals surface area contributed by atoms with Crippen molar-refractivity contribution in [3.63, 3.8) is 0 Å². The highest BCUT2D eigenvalue weighted by atomic mass is 32.2. The van der Waals surface area contributed by atoms with Gasteiger partial charge in [-0.2, -0.15) is 4.98 Å². The van der Waals surface area contributed by atoms with E-state index in [1.54, 1.807) is 0 Å². The first-order valence-corrected chi connectivity index (χ1v) is 6.20. The van der Waals surface area contributed by atoms with Crippen LogP contribution in [0.4, 0.5) is 0 Å². The first-order chi connectivity index (χ1) is 8.56. The molecule has 7 nitrogen and oxygen atoms in total. The summed E-state index contributed by atoms with van der Waals surface area (Å²) in [4.78, 5) is 28.2. The molecule has 1 aromatic heterocycles. The Morgan fingerprint density at radius 1 is 1.50 bits per heavy atom. The molecule has 1 rings (SSSR count). The highest BCUT2D eigenvalue weighted by Crippen LogP contribution is 2.20. The number of aliphatic hydroxyl groups is 1. The molecule has 0 saturated heterocycles. The molecule has 0 spiro atoms. The van der Waals surface area contributed by atoms with E-state index >= 15 is 0 Å². The van der Waals surface area contributed by atoms with Crippen molar-refractivity contribution in [2.24, 2.45) is 0 Å². The largest absolute Gasteiger partial charge is 0.478 e. The number of H-pyrrole nitrogens is 1. The quantitative estimate of drug-likeness (QED) is 0.361. The molecule has 1 aromatic rings. The SMILES string of the molecule is Cc1[nH]c(=O)nc(SCCOCCO)c1C(=O)O. The summed E-state index contributed by atoms with van der Waals surface area (Å²) in [6.07, 6.45) is 0. The van der Waals surface area contributed by atoms with Crippen LogP contribution >= 0.6 is 11.8 Å². The number of hydrogen-bond donors (Lipinski definition) is 3. The number of nitrogens with zero attached hydrogens (tertiary/aromatic N) is 1. The first kappa shape index (κ1) is 14.7. The Labute approximate surface area is 107 Å². The van der Waals surface area contributed by atoms with Crippen LogP contribution in [-0.2, 0) is 4.74 Å². The van der Waals surface area contributed by atoms with Crippen LogP contribution in [0.15, 0.2) is 9.82 Å². The maximum atomic E-state index is 11.2. The van der Waals surface area contributed by atoms with Gasteiger partial charge in [-0.15, -0.1) is 11.8 Å². The van der Waals surface area contributed by atoms with Gasteiger partial charge in [0, 0.05) is 11.4 Å². The van der Waals surface area contributed by atoms with Gasteiger partial charge in [-0.3, -0.25) is 0 Å². The average molecular weight is 274 g/mol. The number of aromatic amines is 1. The fraction of sp³-hybridized carbons (Fsp3) is 0.500. The third-order valence-corrected chi connectivity index (χ3v) is 2.94. The van der Waals surface area contributed by atoms with Crippen molar-refractivity contribution in [2.75, 3.05) is 25.6 Å². The number of rotatable bonds is 7. The third-order valence-electron chi connectivity index (χ3n) is 2.00. The van der Waals surface area contributed by atoms with Crippen molar-refractivity contribution in [3.05, 3.63) is 21.7 Å². The van der Waals surface area contributed by atoms with Crippen LogP contribution in [0.5, 0.6) is 0 Å². The van der Waals surface area contributed by atoms with Crippen LogP contribution in [0.2, 0.25) is 0 Å². The summed E-state index contributed by atoms with van der Waals surface area (Å²) < 4.78 is 5.03. The molecule has 3 N–H and O–H groups in total. The van der Waals surface area contributed by atoms with E-state index in [2.05, 4.69) is 9.97 Å². The summed E-state index contributed by atoms with van der Waals surface area (Å²) in [6, 6.07) is 0. The van der Waals surface area contributed by atoms with Gasteiger partial charge in [0.25, 0.3) is 0 Å². The van der Waals surface area contributed by atoms with Gasteiger partial charge in [0.1, 0.15) is 10.6 Å². The number of nitrogens with one attached hydrogen (secondary N) is 1. The first-order valence-electron chi connectivity index (χ1n) is 5.22. The van der Waals surface area contributed by atoms with Crippen LogP contribution in [0.25, 0.3) is 0 Å². The van der Waals surface area contributed by atoms with E-state index in [1.165, 1.54) is 6.92 Å². The van der Waals surface area contributed by atoms with E-state index in [-0.39, 0.29) is 29.5 Å². The number of thioether (sulfide) groups is 1. The Morgan fingerprint density at radius 2 is 2.22 bits per heavy atom. The van der Waals surface area contributed by atoms with Crippen LogP contribution in [0.3, 0.4) is 0 Å². The summed E-state index contributed by atoms with van der Waals surface area (Å²) in [5.41, 5.74) is -0.292. The fourth-order valence-corrected chi connectivity index (χ4v) is 2.21. The van der Waals surface area contributed by atoms with Crippen LogP contribution in [0, 0.1) is 6.92 Å². The normalized spacial score (nSPS) is 10.6. The minimum Gasteiger partial charge on any atom is -0.478 e. The second kappa shape index (κ2) is 7.14. The van der Waals surface area contributed by atoms with Crippen molar-refractivity contribution < 1.29 is 19.7 Å². The van der Waals surface area contributed by atoms with Crippen molar-refractivity contribution >= 4 is 17.7 Å². The molecule has 0 atom stereocenters. The lowest BCUT2D eigenvalue weighted by atomic mass is 10.2. The second-order valence-electron chi connectivity index (χ2n) is 3.34. The number of carbonyl (C=O) groups is 1. The Hall–Kier alpha value is -1.38. The van der Waals surface area contributed by atoms with Gasteiger partial charge < -0.3 is 19.9 Å². The lowest BCUT2D eigenvalue weighted by Crippen LogP contribution is -2.18. The van der Waals surface area contributed by atoms with Gasteiger partial charge in [-0.05, 0) is 6.92 Å². The average Bonchev–Trinajstić information content (AvgIpc) is 2.27. The topological polar surface area (TPSA) is 113 Å². The van der Waals surface area contributed by atoms with E-state index in [0.717, 1.165) is 11.8 Å². The van der Waals surface area contributed by atoms with Crippen LogP contribution < -0.4 is 5.69 Å². The number of aliphatic hydroxyl groups excluding tert-OH is 1. The zero-order valence-corrected chi connectivity index (χ0v) is 10.6. The third kappa shape index (κ3) is 4.13. The van der Waals surface area contributed by atoms with Crippen molar-refractivity contribution in [3.8, 4) is 0 Å². The molecule has 0 aliphatic rings. The second-order valence-corrected chi connectivity index (χ2v) is 4.42. The minimum atomic E-state index is -1.13. The summed E-state index contributed by atoms with van der Waals surface area (Å²) in [7, 11) is 0. The smallest absolute Gasteiger partial charge is 0.346 e. The zero-order chi connectivity index (χ0) is 13.5. The van der Waals surface area contributed by atoms with E-state index in [4.69, 9.17) is 14.9 Å². The van der Waals surface area contributed by atoms with E-state index in [0.29, 0.717) is 12.4 Å². The summed E-state index contributed by atoms with van der Waals surface area (Å²) in [5, 5.41) is 17.7. The van der Waals surface area contributed by atoms with Gasteiger partial charge in [-0.25, -0.2) is 9.59 Å². The maximum absolute atomic E-state index is 11.2. The van der Waals surface area contributed by atoms with Gasteiger partial charge in [-0.1, -0.05) is 0 Å². The molecule has 1 heterocycles. The number of ether oxygens (including phenoxy) is 1. The fourth-order valence-electron chi connectivity index (χ4n) is 1.28. The molecular formula is C10H14N2O5S. The highest BCUT2D eigenvalue weighted by Gasteiger charge is 2.16. The molecule has 0 aromatic carbocycles. The predicted molar refractivity (Wildman–Crippen MR) is 65.2 cm³/mol. The Balaban J connectivity index is 2.74. The van der Waals surface area contributed by atoms with Gasteiger partial charge in [0.05, 0.1) is 19.8 Å². The zero-order valence-electron chi connectivity index (χ0n) is 9.80. The number of aryl methyl sites for hydroxylation is 1. The molecule has 100 valence electrons. The monoisotopic (exact) mass is 274 g/mol. The summed E-state index contributed by atoms with van der Waals surface area (Å²) in [6.45, 7) is 2.03. The van der Waals surface area contributed by atoms with Crippen molar-refractivity contribution in [1.82, 2.24) is 9.97 Å². The van der Waals surface area contributed by atoms with E-state index < -0.39 is 11.7 Å². The van der Waals surface area contributed by atoms with E-state index in [9.17, 15) is 9.59 Å². The Kier molecular flexibility index (Phi) is 5.83. The molecule has 0 saturated carbocycles. The van der Waals surface area contributed by atoms with Crippen molar-refractivity contribution in [1.29, 1.82) is 0 Å². The highest BCUT2D eigenvalue weighted by molar-refractivity contribution is 7.99. The number of hydrogen-bond acceptors (Lipinski definition) is 6. The van der Waals surface area contributed by atoms with Gasteiger partial charge >= 0.3 is 11.7 Å². The lowest BCUT2D eigenvalue weighted by molar-refractivity contribution is 0.0690. The molecule has 18 heavy (non-hydrogen) atoms. The summed E-state index contributed by atoms with van der Waals surface area (Å²) in [5.74, 6) is -0.675. The van der Waals surface area contributed by atoms with Gasteiger partial charge in [0.2, 0.25) is 0 Å². The minimum absolute atomic E-state index is 0.00163. The molecule has 0 bridgehead atoms. The standard InChI is InChI=1S/C10H14N2O5S/c1-6-7(9(14)15)8(12-10(16)11-6)18-5-4-17-3-2-13/h13H,2-5H2,1H3,(H,14,15)(H,11,12,16). The summed E-state index contributed by atoms with van der Waals surface area (Å²) >= 11 is 1.14. The lowest BCUT2D eigenvalue weighted by Gasteiger charge is -2.06. The van der Waals surface area contributed by atoms with Crippen LogP contribution in [-0.4, -0.2) is 51.7 Å². The molecule has 0 aliphatic heterocycles. The van der Waals surface area contributed by atoms with Gasteiger partial charge in [0.15, 0.2) is 0 Å². The molecule has 0 amide bonds. The van der Waals surface area contributed by atoms with Crippen molar-refractivity contribution in [2.45, 2.75) is 11.9 Å². The number of carboxylic acids is 1. The molecule has 0 radical (unpaired) electrons. The maximum Gasteiger partial charge on any atom is 0.346 e. The molecular weight excluding hydrogens is 260 g/mol. The number of aromatic carboxylic acids is 1. The number of aromatic nitrogens is 2. The Morgan fingerprint density at radius 3 is 2.83 bits per heavy atom. The predicted octanol–water partition coefficient (Wildman–Crippen LogP) is -0.122. The molecule has 8 heteroatoms.